The van der Waals surface area contributed by atoms with Gasteiger partial charge in [-0.25, -0.2) is 0 Å². The van der Waals surface area contributed by atoms with E-state index in [0.717, 1.165) is 49.3 Å². The smallest absolute Gasteiger partial charge is 0.256 e. The lowest BCUT2D eigenvalue weighted by atomic mass is 10.1. The maximum absolute atomic E-state index is 12.9. The molecule has 1 aliphatic heterocycles. The second kappa shape index (κ2) is 6.99. The van der Waals surface area contributed by atoms with Gasteiger partial charge in [-0.1, -0.05) is 24.3 Å². The first-order valence-corrected chi connectivity index (χ1v) is 8.56. The molecule has 3 aromatic rings. The van der Waals surface area contributed by atoms with Crippen LogP contribution in [0.15, 0.2) is 60.9 Å². The lowest BCUT2D eigenvalue weighted by molar-refractivity contribution is 0.0629. The number of rotatable bonds is 3. The summed E-state index contributed by atoms with van der Waals surface area (Å²) in [5.41, 5.74) is 2.54. The minimum absolute atomic E-state index is 0.0711. The van der Waals surface area contributed by atoms with E-state index in [1.807, 2.05) is 59.6 Å². The van der Waals surface area contributed by atoms with Crippen LogP contribution < -0.4 is 0 Å². The van der Waals surface area contributed by atoms with Crippen LogP contribution in [0.2, 0.25) is 0 Å². The van der Waals surface area contributed by atoms with Crippen molar-refractivity contribution in [1.82, 2.24) is 19.8 Å². The maximum atomic E-state index is 12.9. The molecule has 126 valence electrons. The van der Waals surface area contributed by atoms with Gasteiger partial charge in [-0.05, 0) is 24.3 Å². The predicted octanol–water partition coefficient (Wildman–Crippen LogP) is 2.59. The van der Waals surface area contributed by atoms with Crippen molar-refractivity contribution < 1.29 is 4.79 Å². The van der Waals surface area contributed by atoms with Crippen molar-refractivity contribution in [3.8, 4) is 0 Å². The minimum atomic E-state index is 0.0711. The number of aromatic nitrogens is 2. The highest BCUT2D eigenvalue weighted by Gasteiger charge is 2.23. The Morgan fingerprint density at radius 1 is 0.880 bits per heavy atom. The van der Waals surface area contributed by atoms with Gasteiger partial charge in [0.1, 0.15) is 0 Å². The fourth-order valence-electron chi connectivity index (χ4n) is 3.28. The number of carbonyl (C=O) groups excluding carboxylic acids is 1. The average molecular weight is 332 g/mol. The number of pyridine rings is 2. The van der Waals surface area contributed by atoms with Crippen LogP contribution in [-0.4, -0.2) is 51.9 Å². The lowest BCUT2D eigenvalue weighted by Gasteiger charge is -2.34. The largest absolute Gasteiger partial charge is 0.336 e. The second-order valence-electron chi connectivity index (χ2n) is 6.27. The molecule has 1 aliphatic rings. The summed E-state index contributed by atoms with van der Waals surface area (Å²) in [5, 5.41) is 1.00. The van der Waals surface area contributed by atoms with Gasteiger partial charge in [0.05, 0.1) is 16.8 Å². The summed E-state index contributed by atoms with van der Waals surface area (Å²) in [6, 6.07) is 15.7. The topological polar surface area (TPSA) is 49.3 Å². The molecule has 1 fully saturated rings. The van der Waals surface area contributed by atoms with E-state index in [-0.39, 0.29) is 5.91 Å². The Hall–Kier alpha value is -2.79. The zero-order valence-corrected chi connectivity index (χ0v) is 14.0. The Bertz CT molecular complexity index is 868. The van der Waals surface area contributed by atoms with Crippen LogP contribution in [0.3, 0.4) is 0 Å². The van der Waals surface area contributed by atoms with Crippen LogP contribution in [0.5, 0.6) is 0 Å². The third kappa shape index (κ3) is 3.37. The molecule has 0 aliphatic carbocycles. The number of hydrogen-bond donors (Lipinski definition) is 0. The number of carbonyl (C=O) groups is 1. The number of benzene rings is 1. The number of piperazine rings is 1. The molecule has 0 atom stereocenters. The molecule has 3 heterocycles. The van der Waals surface area contributed by atoms with E-state index in [0.29, 0.717) is 5.56 Å². The number of para-hydroxylation sites is 1. The molecule has 5 heteroatoms. The third-order valence-corrected chi connectivity index (χ3v) is 4.63. The minimum Gasteiger partial charge on any atom is -0.336 e. The Kier molecular flexibility index (Phi) is 4.39. The van der Waals surface area contributed by atoms with E-state index >= 15 is 0 Å². The Labute approximate surface area is 146 Å². The summed E-state index contributed by atoms with van der Waals surface area (Å²) >= 11 is 0. The standard InChI is InChI=1S/C20H20N4O/c25-20(18-8-3-5-16-6-4-10-22-19(16)18)24-13-11-23(12-14-24)15-17-7-1-2-9-21-17/h1-10H,11-15H2. The summed E-state index contributed by atoms with van der Waals surface area (Å²) in [4.78, 5) is 26.0. The molecular weight excluding hydrogens is 312 g/mol. The van der Waals surface area contributed by atoms with E-state index in [1.165, 1.54) is 0 Å². The summed E-state index contributed by atoms with van der Waals surface area (Å²) in [5.74, 6) is 0.0711. The fraction of sp³-hybridized carbons (Fsp3) is 0.250. The van der Waals surface area contributed by atoms with Crippen molar-refractivity contribution >= 4 is 16.8 Å². The van der Waals surface area contributed by atoms with Gasteiger partial charge in [-0.2, -0.15) is 0 Å². The molecule has 0 unspecified atom stereocenters. The predicted molar refractivity (Wildman–Crippen MR) is 97.2 cm³/mol. The molecular formula is C20H20N4O. The zero-order valence-electron chi connectivity index (χ0n) is 14.0. The molecule has 4 rings (SSSR count). The summed E-state index contributed by atoms with van der Waals surface area (Å²) in [7, 11) is 0. The van der Waals surface area contributed by atoms with Crippen LogP contribution in [0.1, 0.15) is 16.1 Å². The van der Waals surface area contributed by atoms with E-state index in [9.17, 15) is 4.79 Å². The molecule has 1 saturated heterocycles. The third-order valence-electron chi connectivity index (χ3n) is 4.63. The molecule has 1 aromatic carbocycles. The van der Waals surface area contributed by atoms with Gasteiger partial charge in [0, 0.05) is 50.5 Å². The second-order valence-corrected chi connectivity index (χ2v) is 6.27. The summed E-state index contributed by atoms with van der Waals surface area (Å²) in [6.45, 7) is 4.02. The zero-order chi connectivity index (χ0) is 17.1. The normalized spacial score (nSPS) is 15.4. The molecule has 5 nitrogen and oxygen atoms in total. The van der Waals surface area contributed by atoms with Crippen LogP contribution in [0, 0.1) is 0 Å². The van der Waals surface area contributed by atoms with Crippen LogP contribution in [0.25, 0.3) is 10.9 Å². The van der Waals surface area contributed by atoms with Crippen molar-refractivity contribution in [2.24, 2.45) is 0 Å². The van der Waals surface area contributed by atoms with Gasteiger partial charge in [0.2, 0.25) is 0 Å². The fourth-order valence-corrected chi connectivity index (χ4v) is 3.28. The first-order chi connectivity index (χ1) is 12.3. The Balaban J connectivity index is 1.44. The Morgan fingerprint density at radius 3 is 2.48 bits per heavy atom. The van der Waals surface area contributed by atoms with E-state index in [4.69, 9.17) is 0 Å². The van der Waals surface area contributed by atoms with E-state index in [1.54, 1.807) is 6.20 Å². The number of amides is 1. The van der Waals surface area contributed by atoms with Gasteiger partial charge >= 0.3 is 0 Å². The molecule has 1 amide bonds. The van der Waals surface area contributed by atoms with Gasteiger partial charge in [-0.15, -0.1) is 0 Å². The van der Waals surface area contributed by atoms with E-state index < -0.39 is 0 Å². The monoisotopic (exact) mass is 332 g/mol. The molecule has 0 saturated carbocycles. The molecule has 0 radical (unpaired) electrons. The van der Waals surface area contributed by atoms with Gasteiger partial charge in [0.15, 0.2) is 0 Å². The average Bonchev–Trinajstić information content (AvgIpc) is 2.68. The highest BCUT2D eigenvalue weighted by molar-refractivity contribution is 6.05. The number of nitrogens with zero attached hydrogens (tertiary/aromatic N) is 4. The molecule has 0 N–H and O–H groups in total. The maximum Gasteiger partial charge on any atom is 0.256 e. The first-order valence-electron chi connectivity index (χ1n) is 8.56. The summed E-state index contributed by atoms with van der Waals surface area (Å²) in [6.07, 6.45) is 3.56. The lowest BCUT2D eigenvalue weighted by Crippen LogP contribution is -2.48. The number of hydrogen-bond acceptors (Lipinski definition) is 4. The van der Waals surface area contributed by atoms with Crippen molar-refractivity contribution in [3.05, 3.63) is 72.2 Å². The molecule has 0 bridgehead atoms. The van der Waals surface area contributed by atoms with Crippen molar-refractivity contribution in [3.63, 3.8) is 0 Å². The van der Waals surface area contributed by atoms with Crippen molar-refractivity contribution in [2.45, 2.75) is 6.54 Å². The molecule has 0 spiro atoms. The van der Waals surface area contributed by atoms with E-state index in [2.05, 4.69) is 14.9 Å². The van der Waals surface area contributed by atoms with Crippen molar-refractivity contribution in [2.75, 3.05) is 26.2 Å². The van der Waals surface area contributed by atoms with Crippen LogP contribution >= 0.6 is 0 Å². The highest BCUT2D eigenvalue weighted by Crippen LogP contribution is 2.19. The van der Waals surface area contributed by atoms with Gasteiger partial charge < -0.3 is 4.90 Å². The number of fused-ring (bicyclic) bond motifs is 1. The molecule has 25 heavy (non-hydrogen) atoms. The molecule has 2 aromatic heterocycles. The van der Waals surface area contributed by atoms with Crippen LogP contribution in [0.4, 0.5) is 0 Å². The highest BCUT2D eigenvalue weighted by atomic mass is 16.2. The van der Waals surface area contributed by atoms with Gasteiger partial charge in [0.25, 0.3) is 5.91 Å². The van der Waals surface area contributed by atoms with Crippen LogP contribution in [-0.2, 0) is 6.54 Å². The SMILES string of the molecule is O=C(c1cccc2cccnc12)N1CCN(Cc2ccccn2)CC1. The quantitative estimate of drug-likeness (QED) is 0.740. The van der Waals surface area contributed by atoms with Gasteiger partial charge in [-0.3, -0.25) is 19.7 Å². The summed E-state index contributed by atoms with van der Waals surface area (Å²) < 4.78 is 0. The first kappa shape index (κ1) is 15.7. The van der Waals surface area contributed by atoms with Crippen molar-refractivity contribution in [1.29, 1.82) is 0 Å². The Morgan fingerprint density at radius 2 is 1.68 bits per heavy atom.